The van der Waals surface area contributed by atoms with Crippen molar-refractivity contribution in [1.29, 1.82) is 0 Å². The predicted molar refractivity (Wildman–Crippen MR) is 170 cm³/mol. The zero-order valence-corrected chi connectivity index (χ0v) is 26.2. The van der Waals surface area contributed by atoms with Gasteiger partial charge in [-0.05, 0) is 95.1 Å². The number of likely N-dealkylation sites (tertiary alicyclic amines) is 1. The van der Waals surface area contributed by atoms with Crippen LogP contribution in [0, 0.1) is 0 Å². The topological polar surface area (TPSA) is 96.0 Å². The number of imidazole rings is 2. The summed E-state index contributed by atoms with van der Waals surface area (Å²) in [5, 5.41) is 0. The summed E-state index contributed by atoms with van der Waals surface area (Å²) >= 11 is 0. The summed E-state index contributed by atoms with van der Waals surface area (Å²) in [4.78, 5) is 29.6. The Morgan fingerprint density at radius 2 is 1.87 bits per heavy atom. The van der Waals surface area contributed by atoms with Crippen LogP contribution in [0.2, 0.25) is 0 Å². The molecule has 1 aromatic carbocycles. The van der Waals surface area contributed by atoms with Crippen LogP contribution in [0.15, 0.2) is 67.1 Å². The minimum Gasteiger partial charge on any atom is -0.473 e. The Hall–Kier alpha value is -4.28. The number of esters is 1. The van der Waals surface area contributed by atoms with Gasteiger partial charge in [0.15, 0.2) is 0 Å². The van der Waals surface area contributed by atoms with Crippen molar-refractivity contribution in [3.05, 3.63) is 89.8 Å². The number of hydrogen-bond acceptors (Lipinski definition) is 8. The highest BCUT2D eigenvalue weighted by Crippen LogP contribution is 2.30. The maximum absolute atomic E-state index is 12.8. The molecule has 2 fully saturated rings. The molecule has 5 aromatic rings. The van der Waals surface area contributed by atoms with Crippen LogP contribution in [0.1, 0.15) is 73.4 Å². The van der Waals surface area contributed by atoms with Gasteiger partial charge in [0.25, 0.3) is 0 Å². The lowest BCUT2D eigenvalue weighted by Crippen LogP contribution is -2.35. The standard InChI is InChI=1S/C35H40N6O4/c1-35(2,3)45-34(42)26-7-8-29-30(20-26)41(21-27-12-18-43-27)32(37-29)22-39-14-10-25(11-15-39)28-5-4-6-33(38-28)44-23-24-9-16-40-17-13-36-31(40)19-24/h4-9,13,16-17,19-20,25,27H,10-12,14-15,18,21-23H2,1-3H3. The van der Waals surface area contributed by atoms with Gasteiger partial charge in [0.05, 0.1) is 35.8 Å². The molecule has 0 spiro atoms. The number of pyridine rings is 2. The Morgan fingerprint density at radius 1 is 1.02 bits per heavy atom. The van der Waals surface area contributed by atoms with E-state index in [1.54, 1.807) is 6.20 Å². The molecule has 0 aliphatic carbocycles. The molecule has 6 heterocycles. The summed E-state index contributed by atoms with van der Waals surface area (Å²) in [5.41, 5.74) is 4.87. The summed E-state index contributed by atoms with van der Waals surface area (Å²) in [5.74, 6) is 1.71. The fourth-order valence-electron chi connectivity index (χ4n) is 6.12. The van der Waals surface area contributed by atoms with Gasteiger partial charge in [-0.25, -0.2) is 19.7 Å². The molecule has 234 valence electrons. The molecular weight excluding hydrogens is 568 g/mol. The Kier molecular flexibility index (Phi) is 8.01. The van der Waals surface area contributed by atoms with Crippen LogP contribution in [-0.4, -0.2) is 66.2 Å². The first-order valence-corrected chi connectivity index (χ1v) is 15.9. The quantitative estimate of drug-likeness (QED) is 0.194. The fraction of sp³-hybridized carbons (Fsp3) is 0.429. The Morgan fingerprint density at radius 3 is 2.64 bits per heavy atom. The number of carbonyl (C=O) groups excluding carboxylic acids is 1. The maximum Gasteiger partial charge on any atom is 0.338 e. The number of carbonyl (C=O) groups is 1. The van der Waals surface area contributed by atoms with Gasteiger partial charge in [0, 0.05) is 42.9 Å². The van der Waals surface area contributed by atoms with E-state index in [2.05, 4.69) is 20.5 Å². The molecule has 2 saturated heterocycles. The number of piperidine rings is 1. The Labute approximate surface area is 263 Å². The zero-order chi connectivity index (χ0) is 31.0. The van der Waals surface area contributed by atoms with E-state index in [1.807, 2.05) is 80.0 Å². The van der Waals surface area contributed by atoms with Gasteiger partial charge in [-0.3, -0.25) is 4.90 Å². The van der Waals surface area contributed by atoms with Crippen molar-refractivity contribution in [3.63, 3.8) is 0 Å². The number of rotatable bonds is 9. The van der Waals surface area contributed by atoms with E-state index in [0.29, 0.717) is 24.0 Å². The monoisotopic (exact) mass is 608 g/mol. The molecule has 0 bridgehead atoms. The number of nitrogens with zero attached hydrogens (tertiary/aromatic N) is 6. The van der Waals surface area contributed by atoms with Gasteiger partial charge < -0.3 is 23.2 Å². The molecule has 2 aliphatic rings. The minimum atomic E-state index is -0.552. The van der Waals surface area contributed by atoms with E-state index in [1.165, 1.54) is 0 Å². The fourth-order valence-corrected chi connectivity index (χ4v) is 6.12. The lowest BCUT2D eigenvalue weighted by atomic mass is 9.93. The minimum absolute atomic E-state index is 0.172. The molecule has 0 amide bonds. The van der Waals surface area contributed by atoms with E-state index in [0.717, 1.165) is 85.8 Å². The predicted octanol–water partition coefficient (Wildman–Crippen LogP) is 5.78. The molecule has 0 saturated carbocycles. The van der Waals surface area contributed by atoms with E-state index in [4.69, 9.17) is 24.2 Å². The number of hydrogen-bond donors (Lipinski definition) is 0. The van der Waals surface area contributed by atoms with Crippen LogP contribution in [0.4, 0.5) is 0 Å². The third-order valence-electron chi connectivity index (χ3n) is 8.61. The molecular formula is C35H40N6O4. The molecule has 10 nitrogen and oxygen atoms in total. The SMILES string of the molecule is CC(C)(C)OC(=O)c1ccc2nc(CN3CCC(c4cccc(OCc5ccn6ccnc6c5)n4)CC3)n(CC3CCO3)c2c1. The molecule has 1 unspecified atom stereocenters. The smallest absolute Gasteiger partial charge is 0.338 e. The van der Waals surface area contributed by atoms with E-state index < -0.39 is 5.60 Å². The average molecular weight is 609 g/mol. The molecule has 45 heavy (non-hydrogen) atoms. The second kappa shape index (κ2) is 12.3. The molecule has 1 atom stereocenters. The first-order chi connectivity index (χ1) is 21.8. The van der Waals surface area contributed by atoms with E-state index in [9.17, 15) is 4.79 Å². The van der Waals surface area contributed by atoms with Gasteiger partial charge in [0.2, 0.25) is 5.88 Å². The van der Waals surface area contributed by atoms with Crippen LogP contribution in [0.3, 0.4) is 0 Å². The van der Waals surface area contributed by atoms with Crippen LogP contribution in [-0.2, 0) is 29.2 Å². The van der Waals surface area contributed by atoms with E-state index in [-0.39, 0.29) is 12.1 Å². The van der Waals surface area contributed by atoms with Crippen molar-refractivity contribution in [2.24, 2.45) is 0 Å². The third kappa shape index (κ3) is 6.72. The summed E-state index contributed by atoms with van der Waals surface area (Å²) in [6.45, 7) is 10.3. The Balaban J connectivity index is 1.01. The second-order valence-electron chi connectivity index (χ2n) is 13.1. The molecule has 0 radical (unpaired) electrons. The van der Waals surface area contributed by atoms with Gasteiger partial charge in [-0.1, -0.05) is 6.07 Å². The normalized spacial score (nSPS) is 17.9. The maximum atomic E-state index is 12.8. The van der Waals surface area contributed by atoms with Crippen molar-refractivity contribution in [1.82, 2.24) is 28.8 Å². The third-order valence-corrected chi connectivity index (χ3v) is 8.61. The van der Waals surface area contributed by atoms with Gasteiger partial charge in [0.1, 0.15) is 23.7 Å². The largest absolute Gasteiger partial charge is 0.473 e. The first kappa shape index (κ1) is 29.4. The number of benzene rings is 1. The van der Waals surface area contributed by atoms with Crippen LogP contribution < -0.4 is 4.74 Å². The van der Waals surface area contributed by atoms with Crippen LogP contribution in [0.5, 0.6) is 5.88 Å². The van der Waals surface area contributed by atoms with Crippen molar-refractivity contribution in [2.75, 3.05) is 19.7 Å². The number of fused-ring (bicyclic) bond motifs is 2. The highest BCUT2D eigenvalue weighted by Gasteiger charge is 2.27. The lowest BCUT2D eigenvalue weighted by molar-refractivity contribution is -0.0592. The molecule has 7 rings (SSSR count). The average Bonchev–Trinajstić information content (AvgIpc) is 3.61. The van der Waals surface area contributed by atoms with Crippen molar-refractivity contribution in [2.45, 2.75) is 77.4 Å². The summed E-state index contributed by atoms with van der Waals surface area (Å²) in [6.07, 6.45) is 8.96. The van der Waals surface area contributed by atoms with Crippen molar-refractivity contribution < 1.29 is 19.0 Å². The van der Waals surface area contributed by atoms with E-state index >= 15 is 0 Å². The highest BCUT2D eigenvalue weighted by atomic mass is 16.6. The first-order valence-electron chi connectivity index (χ1n) is 15.9. The second-order valence-corrected chi connectivity index (χ2v) is 13.1. The summed E-state index contributed by atoms with van der Waals surface area (Å²) in [6, 6.07) is 15.8. The van der Waals surface area contributed by atoms with Crippen molar-refractivity contribution in [3.8, 4) is 5.88 Å². The number of ether oxygens (including phenoxy) is 3. The Bertz CT molecular complexity index is 1810. The molecule has 10 heteroatoms. The highest BCUT2D eigenvalue weighted by molar-refractivity contribution is 5.94. The zero-order valence-electron chi connectivity index (χ0n) is 26.2. The van der Waals surface area contributed by atoms with Gasteiger partial charge in [-0.2, -0.15) is 0 Å². The van der Waals surface area contributed by atoms with Crippen LogP contribution >= 0.6 is 0 Å². The van der Waals surface area contributed by atoms with Crippen molar-refractivity contribution >= 4 is 22.6 Å². The molecule has 4 aromatic heterocycles. The van der Waals surface area contributed by atoms with Gasteiger partial charge >= 0.3 is 5.97 Å². The summed E-state index contributed by atoms with van der Waals surface area (Å²) in [7, 11) is 0. The number of aromatic nitrogens is 5. The lowest BCUT2D eigenvalue weighted by Gasteiger charge is -2.32. The van der Waals surface area contributed by atoms with Gasteiger partial charge in [-0.15, -0.1) is 0 Å². The molecule has 2 aliphatic heterocycles. The van der Waals surface area contributed by atoms with Crippen LogP contribution in [0.25, 0.3) is 16.7 Å². The molecule has 0 N–H and O–H groups in total. The summed E-state index contributed by atoms with van der Waals surface area (Å²) < 4.78 is 21.7.